The number of amides is 2. The maximum absolute atomic E-state index is 14.3. The van der Waals surface area contributed by atoms with Gasteiger partial charge in [0.15, 0.2) is 0 Å². The second kappa shape index (κ2) is 9.42. The molecule has 0 aromatic heterocycles. The van der Waals surface area contributed by atoms with E-state index in [2.05, 4.69) is 10.6 Å². The molecular formula is C20H20F3N3O3. The smallest absolute Gasteiger partial charge is 0.254 e. The second-order valence-electron chi connectivity index (χ2n) is 6.44. The van der Waals surface area contributed by atoms with Gasteiger partial charge in [-0.2, -0.15) is 0 Å². The Morgan fingerprint density at radius 3 is 2.45 bits per heavy atom. The zero-order valence-electron chi connectivity index (χ0n) is 15.5. The van der Waals surface area contributed by atoms with E-state index in [9.17, 15) is 22.8 Å². The third kappa shape index (κ3) is 5.47. The molecule has 0 saturated carbocycles. The van der Waals surface area contributed by atoms with Crippen LogP contribution >= 0.6 is 0 Å². The number of rotatable bonds is 6. The molecule has 0 aliphatic carbocycles. The van der Waals surface area contributed by atoms with Gasteiger partial charge in [-0.05, 0) is 30.3 Å². The summed E-state index contributed by atoms with van der Waals surface area (Å²) < 4.78 is 46.0. The van der Waals surface area contributed by atoms with Crippen molar-refractivity contribution in [1.29, 1.82) is 0 Å². The number of halogens is 3. The van der Waals surface area contributed by atoms with E-state index in [1.807, 2.05) is 4.90 Å². The molecule has 1 fully saturated rings. The van der Waals surface area contributed by atoms with Crippen molar-refractivity contribution < 1.29 is 27.5 Å². The number of hydrogen-bond donors (Lipinski definition) is 2. The summed E-state index contributed by atoms with van der Waals surface area (Å²) in [5.74, 6) is -3.42. The molecule has 2 N–H and O–H groups in total. The van der Waals surface area contributed by atoms with Crippen molar-refractivity contribution in [2.75, 3.05) is 43.1 Å². The Hall–Kier alpha value is -3.07. The van der Waals surface area contributed by atoms with Gasteiger partial charge in [0.2, 0.25) is 5.91 Å². The molecule has 0 bridgehead atoms. The van der Waals surface area contributed by atoms with Gasteiger partial charge in [0, 0.05) is 37.8 Å². The topological polar surface area (TPSA) is 70.7 Å². The number of morpholine rings is 1. The van der Waals surface area contributed by atoms with E-state index in [1.165, 1.54) is 6.07 Å². The number of benzene rings is 2. The Morgan fingerprint density at radius 1 is 1.00 bits per heavy atom. The molecule has 0 atom stereocenters. The van der Waals surface area contributed by atoms with Crippen LogP contribution in [0.15, 0.2) is 36.4 Å². The first-order chi connectivity index (χ1) is 13.9. The minimum absolute atomic E-state index is 0.0597. The van der Waals surface area contributed by atoms with Crippen molar-refractivity contribution in [2.24, 2.45) is 0 Å². The molecule has 0 radical (unpaired) electrons. The monoisotopic (exact) mass is 407 g/mol. The number of carbonyl (C=O) groups excluding carboxylic acids is 2. The van der Waals surface area contributed by atoms with E-state index in [1.54, 1.807) is 12.1 Å². The van der Waals surface area contributed by atoms with Crippen LogP contribution in [-0.2, 0) is 9.53 Å². The molecule has 1 heterocycles. The lowest BCUT2D eigenvalue weighted by Crippen LogP contribution is -2.36. The summed E-state index contributed by atoms with van der Waals surface area (Å²) in [5, 5.41) is 4.93. The van der Waals surface area contributed by atoms with Crippen molar-refractivity contribution in [3.63, 3.8) is 0 Å². The molecule has 3 rings (SSSR count). The first kappa shape index (κ1) is 20.7. The number of nitrogens with zero attached hydrogens (tertiary/aromatic N) is 1. The number of ether oxygens (including phenoxy) is 1. The van der Waals surface area contributed by atoms with Crippen LogP contribution in [0.5, 0.6) is 0 Å². The van der Waals surface area contributed by atoms with Gasteiger partial charge in [-0.1, -0.05) is 0 Å². The van der Waals surface area contributed by atoms with Crippen molar-refractivity contribution in [3.05, 3.63) is 59.4 Å². The predicted octanol–water partition coefficient (Wildman–Crippen LogP) is 2.70. The fourth-order valence-electron chi connectivity index (χ4n) is 2.93. The SMILES string of the molecule is O=C(CCNC(=O)c1ccc(F)cc1F)Nc1ccc(N2CCOCC2)c(F)c1. The van der Waals surface area contributed by atoms with Crippen LogP contribution in [-0.4, -0.2) is 44.7 Å². The molecule has 154 valence electrons. The van der Waals surface area contributed by atoms with Crippen molar-refractivity contribution in [2.45, 2.75) is 6.42 Å². The molecule has 0 spiro atoms. The summed E-state index contributed by atoms with van der Waals surface area (Å²) in [6, 6.07) is 7.03. The predicted molar refractivity (Wildman–Crippen MR) is 101 cm³/mol. The van der Waals surface area contributed by atoms with Gasteiger partial charge in [0.1, 0.15) is 17.5 Å². The third-order valence-electron chi connectivity index (χ3n) is 4.40. The van der Waals surface area contributed by atoms with E-state index in [0.29, 0.717) is 43.7 Å². The van der Waals surface area contributed by atoms with Crippen LogP contribution in [0.25, 0.3) is 0 Å². The fourth-order valence-corrected chi connectivity index (χ4v) is 2.93. The maximum Gasteiger partial charge on any atom is 0.254 e. The average Bonchev–Trinajstić information content (AvgIpc) is 2.68. The van der Waals surface area contributed by atoms with E-state index >= 15 is 0 Å². The van der Waals surface area contributed by atoms with E-state index in [4.69, 9.17) is 4.74 Å². The minimum atomic E-state index is -0.984. The first-order valence-electron chi connectivity index (χ1n) is 9.09. The summed E-state index contributed by atoms with van der Waals surface area (Å²) in [5.41, 5.74) is 0.424. The van der Waals surface area contributed by atoms with Gasteiger partial charge in [-0.3, -0.25) is 9.59 Å². The Balaban J connectivity index is 1.49. The van der Waals surface area contributed by atoms with E-state index in [-0.39, 0.29) is 18.5 Å². The van der Waals surface area contributed by atoms with Crippen LogP contribution in [0.2, 0.25) is 0 Å². The highest BCUT2D eigenvalue weighted by Crippen LogP contribution is 2.23. The van der Waals surface area contributed by atoms with Crippen LogP contribution < -0.4 is 15.5 Å². The number of anilines is 2. The highest BCUT2D eigenvalue weighted by molar-refractivity contribution is 5.95. The number of hydrogen-bond acceptors (Lipinski definition) is 4. The van der Waals surface area contributed by atoms with Gasteiger partial charge in [0.05, 0.1) is 24.5 Å². The van der Waals surface area contributed by atoms with Crippen LogP contribution in [0.3, 0.4) is 0 Å². The molecule has 2 amide bonds. The van der Waals surface area contributed by atoms with Crippen LogP contribution in [0.4, 0.5) is 24.5 Å². The molecule has 1 saturated heterocycles. The first-order valence-corrected chi connectivity index (χ1v) is 9.09. The van der Waals surface area contributed by atoms with Gasteiger partial charge in [-0.15, -0.1) is 0 Å². The third-order valence-corrected chi connectivity index (χ3v) is 4.40. The van der Waals surface area contributed by atoms with Gasteiger partial charge in [-0.25, -0.2) is 13.2 Å². The van der Waals surface area contributed by atoms with Crippen LogP contribution in [0, 0.1) is 17.5 Å². The standard InChI is InChI=1S/C20H20F3N3O3/c21-13-1-3-15(16(22)11-13)20(28)24-6-5-19(27)25-14-2-4-18(17(23)12-14)26-7-9-29-10-8-26/h1-4,11-12H,5-10H2,(H,24,28)(H,25,27). The normalized spacial score (nSPS) is 13.8. The van der Waals surface area contributed by atoms with Crippen LogP contribution in [0.1, 0.15) is 16.8 Å². The summed E-state index contributed by atoms with van der Waals surface area (Å²) in [4.78, 5) is 25.8. The molecule has 9 heteroatoms. The zero-order valence-corrected chi connectivity index (χ0v) is 15.5. The summed E-state index contributed by atoms with van der Waals surface area (Å²) in [6.07, 6.45) is -0.0958. The lowest BCUT2D eigenvalue weighted by atomic mass is 10.2. The molecular weight excluding hydrogens is 387 g/mol. The number of carbonyl (C=O) groups is 2. The highest BCUT2D eigenvalue weighted by atomic mass is 19.1. The molecule has 6 nitrogen and oxygen atoms in total. The summed E-state index contributed by atoms with van der Waals surface area (Å²) in [6.45, 7) is 2.20. The van der Waals surface area contributed by atoms with E-state index < -0.39 is 29.3 Å². The lowest BCUT2D eigenvalue weighted by Gasteiger charge is -2.29. The molecule has 1 aliphatic rings. The molecule has 0 unspecified atom stereocenters. The highest BCUT2D eigenvalue weighted by Gasteiger charge is 2.16. The largest absolute Gasteiger partial charge is 0.378 e. The van der Waals surface area contributed by atoms with E-state index in [0.717, 1.165) is 12.1 Å². The molecule has 1 aliphatic heterocycles. The average molecular weight is 407 g/mol. The van der Waals surface area contributed by atoms with Crippen molar-refractivity contribution >= 4 is 23.2 Å². The number of nitrogens with one attached hydrogen (secondary N) is 2. The lowest BCUT2D eigenvalue weighted by molar-refractivity contribution is -0.116. The maximum atomic E-state index is 14.3. The van der Waals surface area contributed by atoms with Gasteiger partial charge < -0.3 is 20.3 Å². The quantitative estimate of drug-likeness (QED) is 0.773. The van der Waals surface area contributed by atoms with Gasteiger partial charge >= 0.3 is 0 Å². The summed E-state index contributed by atoms with van der Waals surface area (Å²) >= 11 is 0. The Kier molecular flexibility index (Phi) is 6.71. The minimum Gasteiger partial charge on any atom is -0.378 e. The summed E-state index contributed by atoms with van der Waals surface area (Å²) in [7, 11) is 0. The molecule has 2 aromatic rings. The zero-order chi connectivity index (χ0) is 20.8. The van der Waals surface area contributed by atoms with Crippen molar-refractivity contribution in [3.8, 4) is 0 Å². The van der Waals surface area contributed by atoms with Crippen molar-refractivity contribution in [1.82, 2.24) is 5.32 Å². The Labute approximate surface area is 165 Å². The second-order valence-corrected chi connectivity index (χ2v) is 6.44. The molecule has 29 heavy (non-hydrogen) atoms. The Bertz CT molecular complexity index is 902. The van der Waals surface area contributed by atoms with Gasteiger partial charge in [0.25, 0.3) is 5.91 Å². The molecule has 2 aromatic carbocycles. The Morgan fingerprint density at radius 2 is 1.76 bits per heavy atom. The fraction of sp³-hybridized carbons (Fsp3) is 0.300.